The van der Waals surface area contributed by atoms with Crippen LogP contribution in [0, 0.1) is 5.92 Å². The molecular weight excluding hydrogens is 204 g/mol. The van der Waals surface area contributed by atoms with Gasteiger partial charge in [0.1, 0.15) is 0 Å². The van der Waals surface area contributed by atoms with Gasteiger partial charge < -0.3 is 0 Å². The first-order chi connectivity index (χ1) is 6.23. The highest BCUT2D eigenvalue weighted by Crippen LogP contribution is 1.98. The van der Waals surface area contributed by atoms with E-state index in [9.17, 15) is 13.2 Å². The molecule has 0 saturated heterocycles. The lowest BCUT2D eigenvalue weighted by atomic mass is 10.1. The molecule has 0 rings (SSSR count). The summed E-state index contributed by atoms with van der Waals surface area (Å²) in [6, 6.07) is -0.223. The second-order valence-corrected chi connectivity index (χ2v) is 5.35. The third-order valence-electron chi connectivity index (χ3n) is 1.23. The first-order valence-corrected chi connectivity index (χ1v) is 6.04. The number of hydrogen-bond acceptors (Lipinski definition) is 3. The van der Waals surface area contributed by atoms with Crippen molar-refractivity contribution < 1.29 is 13.2 Å². The number of carbonyl (C=O) groups is 1. The Bertz CT molecular complexity index is 283. The largest absolute Gasteiger partial charge is 0.301 e. The zero-order valence-electron chi connectivity index (χ0n) is 8.99. The molecule has 14 heavy (non-hydrogen) atoms. The van der Waals surface area contributed by atoms with Gasteiger partial charge in [-0.25, -0.2) is 4.72 Å². The van der Waals surface area contributed by atoms with Crippen LogP contribution in [0.15, 0.2) is 0 Å². The molecule has 5 nitrogen and oxygen atoms in total. The monoisotopic (exact) mass is 222 g/mol. The summed E-state index contributed by atoms with van der Waals surface area (Å²) in [6.07, 6.45) is 0.207. The Hall–Kier alpha value is -0.620. The Morgan fingerprint density at radius 3 is 2.07 bits per heavy atom. The van der Waals surface area contributed by atoms with Crippen molar-refractivity contribution in [2.24, 2.45) is 5.92 Å². The molecule has 0 aromatic heterocycles. The summed E-state index contributed by atoms with van der Waals surface area (Å²) in [5, 5.41) is 0. The van der Waals surface area contributed by atoms with Crippen LogP contribution >= 0.6 is 0 Å². The van der Waals surface area contributed by atoms with Gasteiger partial charge in [-0.05, 0) is 19.8 Å². The first kappa shape index (κ1) is 13.4. The average molecular weight is 222 g/mol. The second kappa shape index (κ2) is 5.31. The normalized spacial score (nSPS) is 12.1. The summed E-state index contributed by atoms with van der Waals surface area (Å²) >= 11 is 0. The zero-order chi connectivity index (χ0) is 11.4. The Labute approximate surface area is 85.5 Å². The Kier molecular flexibility index (Phi) is 5.07. The van der Waals surface area contributed by atoms with E-state index in [1.165, 1.54) is 0 Å². The number of hydrogen-bond donors (Lipinski definition) is 2. The summed E-state index contributed by atoms with van der Waals surface area (Å²) in [5.41, 5.74) is 0. The molecule has 0 aliphatic carbocycles. The van der Waals surface area contributed by atoms with Crippen LogP contribution in [0.25, 0.3) is 0 Å². The van der Waals surface area contributed by atoms with Gasteiger partial charge in [0.05, 0.1) is 0 Å². The van der Waals surface area contributed by atoms with Gasteiger partial charge in [0.25, 0.3) is 0 Å². The fourth-order valence-electron chi connectivity index (χ4n) is 0.902. The molecule has 0 spiro atoms. The van der Waals surface area contributed by atoms with Gasteiger partial charge in [-0.1, -0.05) is 13.8 Å². The summed E-state index contributed by atoms with van der Waals surface area (Å²) < 4.78 is 26.6. The number of rotatable bonds is 5. The minimum atomic E-state index is -3.68. The second-order valence-electron chi connectivity index (χ2n) is 3.90. The molecular formula is C8H18N2O3S. The Balaban J connectivity index is 4.17. The summed E-state index contributed by atoms with van der Waals surface area (Å²) in [7, 11) is -3.68. The minimum absolute atomic E-state index is 0.143. The van der Waals surface area contributed by atoms with Gasteiger partial charge >= 0.3 is 10.2 Å². The molecule has 0 bridgehead atoms. The van der Waals surface area contributed by atoms with Crippen molar-refractivity contribution in [3.8, 4) is 0 Å². The van der Waals surface area contributed by atoms with Gasteiger partial charge in [-0.2, -0.15) is 13.1 Å². The smallest absolute Gasteiger partial charge is 0.274 e. The Morgan fingerprint density at radius 2 is 1.71 bits per heavy atom. The highest BCUT2D eigenvalue weighted by Gasteiger charge is 2.15. The third-order valence-corrected chi connectivity index (χ3v) is 2.51. The van der Waals surface area contributed by atoms with Crippen molar-refractivity contribution in [1.29, 1.82) is 0 Å². The molecule has 0 radical (unpaired) electrons. The number of carbonyl (C=O) groups excluding carboxylic acids is 1. The highest BCUT2D eigenvalue weighted by molar-refractivity contribution is 7.88. The van der Waals surface area contributed by atoms with Crippen molar-refractivity contribution in [3.63, 3.8) is 0 Å². The molecule has 0 aromatic rings. The van der Waals surface area contributed by atoms with Crippen LogP contribution in [-0.2, 0) is 15.0 Å². The van der Waals surface area contributed by atoms with Gasteiger partial charge in [0.2, 0.25) is 5.91 Å². The molecule has 0 unspecified atom stereocenters. The van der Waals surface area contributed by atoms with Crippen LogP contribution in [0.1, 0.15) is 34.1 Å². The average Bonchev–Trinajstić information content (AvgIpc) is 1.77. The third kappa shape index (κ3) is 6.85. The van der Waals surface area contributed by atoms with E-state index in [0.29, 0.717) is 0 Å². The molecule has 0 aromatic carbocycles. The molecule has 0 atom stereocenters. The van der Waals surface area contributed by atoms with Crippen molar-refractivity contribution in [2.75, 3.05) is 0 Å². The van der Waals surface area contributed by atoms with E-state index >= 15 is 0 Å². The fraction of sp³-hybridized carbons (Fsp3) is 0.875. The summed E-state index contributed by atoms with van der Waals surface area (Å²) in [6.45, 7) is 7.07. The van der Waals surface area contributed by atoms with E-state index in [4.69, 9.17) is 0 Å². The maximum Gasteiger partial charge on any atom is 0.301 e. The van der Waals surface area contributed by atoms with Crippen LogP contribution < -0.4 is 9.44 Å². The molecule has 84 valence electrons. The van der Waals surface area contributed by atoms with Crippen LogP contribution in [0.3, 0.4) is 0 Å². The lowest BCUT2D eigenvalue weighted by Crippen LogP contribution is -2.43. The van der Waals surface area contributed by atoms with Gasteiger partial charge in [-0.15, -0.1) is 0 Å². The van der Waals surface area contributed by atoms with Gasteiger partial charge in [0.15, 0.2) is 0 Å². The maximum atomic E-state index is 11.2. The van der Waals surface area contributed by atoms with Crippen molar-refractivity contribution >= 4 is 16.1 Å². The van der Waals surface area contributed by atoms with Crippen molar-refractivity contribution in [2.45, 2.75) is 40.2 Å². The molecule has 1 amide bonds. The summed E-state index contributed by atoms with van der Waals surface area (Å²) in [4.78, 5) is 11.1. The van der Waals surface area contributed by atoms with Crippen LogP contribution in [0.2, 0.25) is 0 Å². The van der Waals surface area contributed by atoms with Crippen LogP contribution in [-0.4, -0.2) is 20.4 Å². The predicted molar refractivity (Wildman–Crippen MR) is 54.8 cm³/mol. The van der Waals surface area contributed by atoms with E-state index in [0.717, 1.165) is 0 Å². The van der Waals surface area contributed by atoms with Gasteiger partial charge in [0, 0.05) is 12.5 Å². The first-order valence-electron chi connectivity index (χ1n) is 4.56. The Morgan fingerprint density at radius 1 is 1.21 bits per heavy atom. The quantitative estimate of drug-likeness (QED) is 0.706. The number of amides is 1. The lowest BCUT2D eigenvalue weighted by molar-refractivity contribution is -0.120. The van der Waals surface area contributed by atoms with E-state index < -0.39 is 16.1 Å². The fourth-order valence-corrected chi connectivity index (χ4v) is 1.96. The van der Waals surface area contributed by atoms with E-state index in [1.54, 1.807) is 13.8 Å². The SMILES string of the molecule is CC(C)CC(=O)NS(=O)(=O)NC(C)C. The number of nitrogens with one attached hydrogen (secondary N) is 2. The molecule has 0 aliphatic heterocycles. The van der Waals surface area contributed by atoms with E-state index in [1.807, 2.05) is 18.6 Å². The van der Waals surface area contributed by atoms with Gasteiger partial charge in [-0.3, -0.25) is 4.79 Å². The topological polar surface area (TPSA) is 75.3 Å². The molecule has 0 heterocycles. The van der Waals surface area contributed by atoms with Crippen LogP contribution in [0.5, 0.6) is 0 Å². The van der Waals surface area contributed by atoms with E-state index in [-0.39, 0.29) is 18.4 Å². The molecule has 0 aliphatic rings. The van der Waals surface area contributed by atoms with Crippen molar-refractivity contribution in [1.82, 2.24) is 9.44 Å². The van der Waals surface area contributed by atoms with E-state index in [2.05, 4.69) is 4.72 Å². The zero-order valence-corrected chi connectivity index (χ0v) is 9.81. The minimum Gasteiger partial charge on any atom is -0.274 e. The predicted octanol–water partition coefficient (Wildman–Crippen LogP) is 0.392. The molecule has 0 fully saturated rings. The molecule has 6 heteroatoms. The molecule has 2 N–H and O–H groups in total. The maximum absolute atomic E-state index is 11.2. The highest BCUT2D eigenvalue weighted by atomic mass is 32.2. The van der Waals surface area contributed by atoms with Crippen molar-refractivity contribution in [3.05, 3.63) is 0 Å². The lowest BCUT2D eigenvalue weighted by Gasteiger charge is -2.11. The van der Waals surface area contributed by atoms with Crippen LogP contribution in [0.4, 0.5) is 0 Å². The molecule has 0 saturated carbocycles. The standard InChI is InChI=1S/C8H18N2O3S/c1-6(2)5-8(11)10-14(12,13)9-7(3)4/h6-7,9H,5H2,1-4H3,(H,10,11). The summed E-state index contributed by atoms with van der Waals surface area (Å²) in [5.74, 6) is -0.336.